The summed E-state index contributed by atoms with van der Waals surface area (Å²) in [5.41, 5.74) is 4.08. The smallest absolute Gasteiger partial charge is 0.257 e. The molecule has 7 heteroatoms. The van der Waals surface area contributed by atoms with Gasteiger partial charge in [0, 0.05) is 49.7 Å². The molecule has 0 aliphatic carbocycles. The molecule has 5 rings (SSSR count). The van der Waals surface area contributed by atoms with Crippen LogP contribution in [0.25, 0.3) is 0 Å². The van der Waals surface area contributed by atoms with Gasteiger partial charge in [0.15, 0.2) is 0 Å². The lowest BCUT2D eigenvalue weighted by Gasteiger charge is -2.35. The fourth-order valence-corrected chi connectivity index (χ4v) is 5.27. The van der Waals surface area contributed by atoms with Crippen molar-refractivity contribution in [3.8, 4) is 5.75 Å². The molecule has 3 aromatic carbocycles. The summed E-state index contributed by atoms with van der Waals surface area (Å²) in [6.07, 6.45) is 0.619. The van der Waals surface area contributed by atoms with Gasteiger partial charge in [-0.15, -0.1) is 0 Å². The van der Waals surface area contributed by atoms with E-state index in [0.717, 1.165) is 55.3 Å². The largest absolute Gasteiger partial charge is 0.494 e. The summed E-state index contributed by atoms with van der Waals surface area (Å²) < 4.78 is 5.61. The SMILES string of the molecule is CCOc1ccc(C2CC(c3ccccc3Cl)=NN2C(=O)CN2CCN(Cc3ccccc3)CC2)cc1. The lowest BCUT2D eigenvalue weighted by Crippen LogP contribution is -2.49. The summed E-state index contributed by atoms with van der Waals surface area (Å²) in [5.74, 6) is 0.834. The Morgan fingerprint density at radius 1 is 0.919 bits per heavy atom. The quantitative estimate of drug-likeness (QED) is 0.411. The highest BCUT2D eigenvalue weighted by atomic mass is 35.5. The Bertz CT molecular complexity index is 1220. The van der Waals surface area contributed by atoms with Crippen molar-refractivity contribution in [2.24, 2.45) is 5.10 Å². The van der Waals surface area contributed by atoms with Crippen molar-refractivity contribution in [1.29, 1.82) is 0 Å². The molecule has 0 spiro atoms. The minimum absolute atomic E-state index is 0.0115. The van der Waals surface area contributed by atoms with Crippen LogP contribution in [0.15, 0.2) is 84.0 Å². The minimum Gasteiger partial charge on any atom is -0.494 e. The number of carbonyl (C=O) groups excluding carboxylic acids is 1. The number of rotatable bonds is 8. The van der Waals surface area contributed by atoms with E-state index in [1.54, 1.807) is 5.01 Å². The zero-order chi connectivity index (χ0) is 25.6. The molecule has 2 heterocycles. The molecule has 1 amide bonds. The zero-order valence-corrected chi connectivity index (χ0v) is 22.0. The first kappa shape index (κ1) is 25.5. The highest BCUT2D eigenvalue weighted by Gasteiger charge is 2.34. The predicted molar refractivity (Wildman–Crippen MR) is 148 cm³/mol. The van der Waals surface area contributed by atoms with E-state index in [-0.39, 0.29) is 11.9 Å². The molecule has 0 radical (unpaired) electrons. The Morgan fingerprint density at radius 3 is 2.30 bits per heavy atom. The monoisotopic (exact) mass is 516 g/mol. The molecule has 1 atom stereocenters. The first-order chi connectivity index (χ1) is 18.1. The first-order valence-corrected chi connectivity index (χ1v) is 13.3. The molecule has 1 unspecified atom stereocenters. The molecule has 0 aromatic heterocycles. The van der Waals surface area contributed by atoms with E-state index < -0.39 is 0 Å². The average Bonchev–Trinajstić information content (AvgIpc) is 3.37. The number of piperazine rings is 1. The molecule has 37 heavy (non-hydrogen) atoms. The number of halogens is 1. The van der Waals surface area contributed by atoms with E-state index in [1.807, 2.05) is 61.5 Å². The molecular formula is C30H33ClN4O2. The predicted octanol–water partition coefficient (Wildman–Crippen LogP) is 5.23. The van der Waals surface area contributed by atoms with Crippen LogP contribution in [0, 0.1) is 0 Å². The van der Waals surface area contributed by atoms with Gasteiger partial charge in [-0.2, -0.15) is 5.10 Å². The molecule has 192 valence electrons. The molecule has 2 aliphatic rings. The van der Waals surface area contributed by atoms with Crippen molar-refractivity contribution in [1.82, 2.24) is 14.8 Å². The zero-order valence-electron chi connectivity index (χ0n) is 21.2. The number of hydrogen-bond donors (Lipinski definition) is 0. The Hall–Kier alpha value is -3.19. The van der Waals surface area contributed by atoms with E-state index in [0.29, 0.717) is 24.6 Å². The van der Waals surface area contributed by atoms with Crippen LogP contribution in [0.3, 0.4) is 0 Å². The number of hydrogen-bond acceptors (Lipinski definition) is 5. The second-order valence-corrected chi connectivity index (χ2v) is 9.93. The topological polar surface area (TPSA) is 48.4 Å². The maximum atomic E-state index is 13.6. The van der Waals surface area contributed by atoms with Crippen LogP contribution in [-0.2, 0) is 11.3 Å². The fraction of sp³-hybridized carbons (Fsp3) is 0.333. The lowest BCUT2D eigenvalue weighted by atomic mass is 9.98. The van der Waals surface area contributed by atoms with Crippen molar-refractivity contribution in [2.75, 3.05) is 39.3 Å². The van der Waals surface area contributed by atoms with E-state index >= 15 is 0 Å². The van der Waals surface area contributed by atoms with Crippen LogP contribution >= 0.6 is 11.6 Å². The van der Waals surface area contributed by atoms with Gasteiger partial charge in [0.1, 0.15) is 5.75 Å². The number of hydrazone groups is 1. The van der Waals surface area contributed by atoms with Crippen molar-refractivity contribution in [2.45, 2.75) is 25.9 Å². The van der Waals surface area contributed by atoms with E-state index in [2.05, 4.69) is 34.1 Å². The molecular weight excluding hydrogens is 484 g/mol. The highest BCUT2D eigenvalue weighted by Crippen LogP contribution is 2.35. The van der Waals surface area contributed by atoms with Gasteiger partial charge in [0.2, 0.25) is 0 Å². The minimum atomic E-state index is -0.172. The number of benzene rings is 3. The Labute approximate surface area is 224 Å². The second-order valence-electron chi connectivity index (χ2n) is 9.52. The van der Waals surface area contributed by atoms with E-state index in [4.69, 9.17) is 21.4 Å². The van der Waals surface area contributed by atoms with Gasteiger partial charge in [-0.05, 0) is 36.2 Å². The molecule has 6 nitrogen and oxygen atoms in total. The number of ether oxygens (including phenoxy) is 1. The van der Waals surface area contributed by atoms with Gasteiger partial charge in [-0.1, -0.05) is 72.3 Å². The van der Waals surface area contributed by atoms with Crippen LogP contribution in [-0.4, -0.2) is 65.8 Å². The number of carbonyl (C=O) groups is 1. The summed E-state index contributed by atoms with van der Waals surface area (Å²) in [6.45, 7) is 7.49. The third kappa shape index (κ3) is 6.21. The molecule has 0 saturated carbocycles. The summed E-state index contributed by atoms with van der Waals surface area (Å²) in [7, 11) is 0. The maximum Gasteiger partial charge on any atom is 0.257 e. The second kappa shape index (κ2) is 11.9. The van der Waals surface area contributed by atoms with Gasteiger partial charge >= 0.3 is 0 Å². The molecule has 0 bridgehead atoms. The molecule has 1 saturated heterocycles. The van der Waals surface area contributed by atoms with Crippen molar-refractivity contribution in [3.63, 3.8) is 0 Å². The Kier molecular flexibility index (Phi) is 8.19. The summed E-state index contributed by atoms with van der Waals surface area (Å²) >= 11 is 6.49. The number of amides is 1. The first-order valence-electron chi connectivity index (χ1n) is 13.0. The third-order valence-electron chi connectivity index (χ3n) is 7.00. The van der Waals surface area contributed by atoms with Gasteiger partial charge in [0.05, 0.1) is 24.9 Å². The van der Waals surface area contributed by atoms with Gasteiger partial charge in [-0.25, -0.2) is 5.01 Å². The third-order valence-corrected chi connectivity index (χ3v) is 7.33. The maximum absolute atomic E-state index is 13.6. The van der Waals surface area contributed by atoms with Crippen molar-refractivity contribution >= 4 is 23.2 Å². The standard InChI is InChI=1S/C30H33ClN4O2/c1-2-37-25-14-12-24(13-15-25)29-20-28(26-10-6-7-11-27(26)31)32-35(29)30(36)22-34-18-16-33(17-19-34)21-23-8-4-3-5-9-23/h3-15,29H,2,16-22H2,1H3. The molecule has 3 aromatic rings. The Morgan fingerprint density at radius 2 is 1.59 bits per heavy atom. The lowest BCUT2D eigenvalue weighted by molar-refractivity contribution is -0.134. The summed E-state index contributed by atoms with van der Waals surface area (Å²) in [6, 6.07) is 26.0. The number of nitrogens with zero attached hydrogens (tertiary/aromatic N) is 4. The van der Waals surface area contributed by atoms with Crippen LogP contribution in [0.4, 0.5) is 0 Å². The molecule has 1 fully saturated rings. The fourth-order valence-electron chi connectivity index (χ4n) is 5.02. The van der Waals surface area contributed by atoms with Gasteiger partial charge < -0.3 is 4.74 Å². The van der Waals surface area contributed by atoms with Crippen molar-refractivity contribution in [3.05, 3.63) is 101 Å². The van der Waals surface area contributed by atoms with E-state index in [1.165, 1.54) is 5.56 Å². The summed E-state index contributed by atoms with van der Waals surface area (Å²) in [5, 5.41) is 7.14. The van der Waals surface area contributed by atoms with Crippen LogP contribution < -0.4 is 4.74 Å². The van der Waals surface area contributed by atoms with Gasteiger partial charge in [0.25, 0.3) is 5.91 Å². The van der Waals surface area contributed by atoms with Crippen LogP contribution in [0.2, 0.25) is 5.02 Å². The van der Waals surface area contributed by atoms with E-state index in [9.17, 15) is 4.79 Å². The highest BCUT2D eigenvalue weighted by molar-refractivity contribution is 6.34. The van der Waals surface area contributed by atoms with Gasteiger partial charge in [-0.3, -0.25) is 14.6 Å². The van der Waals surface area contributed by atoms with Crippen LogP contribution in [0.5, 0.6) is 5.75 Å². The molecule has 2 aliphatic heterocycles. The molecule has 0 N–H and O–H groups in total. The average molecular weight is 517 g/mol. The summed E-state index contributed by atoms with van der Waals surface area (Å²) in [4.78, 5) is 18.3. The normalized spacial score (nSPS) is 18.6. The van der Waals surface area contributed by atoms with Crippen molar-refractivity contribution < 1.29 is 9.53 Å². The Balaban J connectivity index is 1.28. The van der Waals surface area contributed by atoms with Crippen LogP contribution in [0.1, 0.15) is 36.1 Å².